The van der Waals surface area contributed by atoms with Crippen LogP contribution < -0.4 is 5.32 Å². The van der Waals surface area contributed by atoms with Crippen LogP contribution in [0.5, 0.6) is 5.75 Å². The van der Waals surface area contributed by atoms with Gasteiger partial charge < -0.3 is 19.7 Å². The van der Waals surface area contributed by atoms with Crippen molar-refractivity contribution in [2.24, 2.45) is 0 Å². The van der Waals surface area contributed by atoms with Crippen molar-refractivity contribution in [3.63, 3.8) is 0 Å². The Kier molecular flexibility index (Phi) is 4.35. The van der Waals surface area contributed by atoms with E-state index in [0.717, 1.165) is 5.69 Å². The molecule has 0 aliphatic rings. The maximum atomic E-state index is 9.17. The number of aromatic nitrogens is 2. The number of phenolic OH excluding ortho intramolecular Hbond substituents is 1. The summed E-state index contributed by atoms with van der Waals surface area (Å²) in [7, 11) is 1.65. The first-order valence-corrected chi connectivity index (χ1v) is 6.04. The average molecular weight is 263 g/mol. The van der Waals surface area contributed by atoms with Crippen LogP contribution >= 0.6 is 0 Å². The molecule has 0 amide bonds. The first-order valence-electron chi connectivity index (χ1n) is 6.04. The van der Waals surface area contributed by atoms with Crippen LogP contribution in [0.1, 0.15) is 18.6 Å². The fourth-order valence-electron chi connectivity index (χ4n) is 1.54. The number of benzene rings is 1. The maximum Gasteiger partial charge on any atom is 0.245 e. The van der Waals surface area contributed by atoms with Gasteiger partial charge in [0, 0.05) is 19.2 Å². The molecule has 19 heavy (non-hydrogen) atoms. The van der Waals surface area contributed by atoms with Crippen molar-refractivity contribution >= 4 is 5.69 Å². The van der Waals surface area contributed by atoms with Gasteiger partial charge in [-0.25, -0.2) is 0 Å². The molecule has 0 aliphatic carbocycles. The molecule has 0 fully saturated rings. The summed E-state index contributed by atoms with van der Waals surface area (Å²) in [5.74, 6) is 1.39. The summed E-state index contributed by atoms with van der Waals surface area (Å²) in [5, 5.41) is 16.2. The van der Waals surface area contributed by atoms with Gasteiger partial charge in [-0.05, 0) is 31.2 Å². The van der Waals surface area contributed by atoms with Gasteiger partial charge in [0.2, 0.25) is 5.89 Å². The van der Waals surface area contributed by atoms with E-state index in [2.05, 4.69) is 15.5 Å². The third kappa shape index (κ3) is 3.96. The molecule has 0 saturated carbocycles. The summed E-state index contributed by atoms with van der Waals surface area (Å²) >= 11 is 0. The smallest absolute Gasteiger partial charge is 0.245 e. The van der Waals surface area contributed by atoms with Crippen molar-refractivity contribution in [3.8, 4) is 5.75 Å². The Morgan fingerprint density at radius 1 is 1.37 bits per heavy atom. The molecule has 6 heteroatoms. The standard InChI is InChI=1S/C13H17N3O3/c1-9(18-2)7-12-15-13(19-16-12)8-14-10-3-5-11(17)6-4-10/h3-6,9,14,17H,7-8H2,1-2H3. The second-order valence-corrected chi connectivity index (χ2v) is 4.26. The minimum Gasteiger partial charge on any atom is -0.508 e. The number of nitrogens with zero attached hydrogens (tertiary/aromatic N) is 2. The van der Waals surface area contributed by atoms with Crippen LogP contribution in [0.15, 0.2) is 28.8 Å². The number of ether oxygens (including phenoxy) is 1. The van der Waals surface area contributed by atoms with Gasteiger partial charge in [-0.1, -0.05) is 5.16 Å². The number of anilines is 1. The predicted octanol–water partition coefficient (Wildman–Crippen LogP) is 1.96. The van der Waals surface area contributed by atoms with E-state index in [4.69, 9.17) is 9.26 Å². The van der Waals surface area contributed by atoms with Gasteiger partial charge in [0.25, 0.3) is 0 Å². The summed E-state index contributed by atoms with van der Waals surface area (Å²) in [6.07, 6.45) is 0.690. The molecule has 0 bridgehead atoms. The van der Waals surface area contributed by atoms with E-state index >= 15 is 0 Å². The van der Waals surface area contributed by atoms with Crippen LogP contribution in [0.25, 0.3) is 0 Å². The molecule has 1 aromatic carbocycles. The number of hydrogen-bond acceptors (Lipinski definition) is 6. The zero-order chi connectivity index (χ0) is 13.7. The van der Waals surface area contributed by atoms with Gasteiger partial charge in [0.15, 0.2) is 5.82 Å². The van der Waals surface area contributed by atoms with E-state index < -0.39 is 0 Å². The predicted molar refractivity (Wildman–Crippen MR) is 69.9 cm³/mol. The first kappa shape index (κ1) is 13.4. The van der Waals surface area contributed by atoms with E-state index in [9.17, 15) is 5.11 Å². The van der Waals surface area contributed by atoms with E-state index in [0.29, 0.717) is 24.7 Å². The van der Waals surface area contributed by atoms with Crippen LogP contribution in [0.3, 0.4) is 0 Å². The van der Waals surface area contributed by atoms with Crippen molar-refractivity contribution in [3.05, 3.63) is 36.0 Å². The zero-order valence-electron chi connectivity index (χ0n) is 11.0. The highest BCUT2D eigenvalue weighted by atomic mass is 16.5. The zero-order valence-corrected chi connectivity index (χ0v) is 11.0. The molecule has 0 spiro atoms. The lowest BCUT2D eigenvalue weighted by Crippen LogP contribution is -2.09. The summed E-state index contributed by atoms with van der Waals surface area (Å²) < 4.78 is 10.3. The van der Waals surface area contributed by atoms with E-state index in [1.807, 2.05) is 6.92 Å². The molecular formula is C13H17N3O3. The fourth-order valence-corrected chi connectivity index (χ4v) is 1.54. The number of rotatable bonds is 6. The number of nitrogens with one attached hydrogen (secondary N) is 1. The molecule has 1 unspecified atom stereocenters. The minimum atomic E-state index is 0.0653. The maximum absolute atomic E-state index is 9.17. The molecule has 1 aromatic heterocycles. The van der Waals surface area contributed by atoms with E-state index in [1.165, 1.54) is 0 Å². The third-order valence-electron chi connectivity index (χ3n) is 2.69. The second kappa shape index (κ2) is 6.19. The average Bonchev–Trinajstić information content (AvgIpc) is 2.85. The van der Waals surface area contributed by atoms with Gasteiger partial charge in [-0.2, -0.15) is 4.98 Å². The number of phenols is 1. The lowest BCUT2D eigenvalue weighted by molar-refractivity contribution is 0.116. The normalized spacial score (nSPS) is 12.3. The Hall–Kier alpha value is -2.08. The summed E-state index contributed by atoms with van der Waals surface area (Å²) in [4.78, 5) is 4.26. The quantitative estimate of drug-likeness (QED) is 0.775. The highest BCUT2D eigenvalue weighted by Crippen LogP contribution is 2.14. The second-order valence-electron chi connectivity index (χ2n) is 4.26. The summed E-state index contributed by atoms with van der Waals surface area (Å²) in [6, 6.07) is 6.78. The molecular weight excluding hydrogens is 246 g/mol. The van der Waals surface area contributed by atoms with Crippen LogP contribution in [-0.4, -0.2) is 28.5 Å². The summed E-state index contributed by atoms with van der Waals surface area (Å²) in [6.45, 7) is 2.39. The number of methoxy groups -OCH3 is 1. The Balaban J connectivity index is 1.88. The van der Waals surface area contributed by atoms with Crippen molar-refractivity contribution < 1.29 is 14.4 Å². The van der Waals surface area contributed by atoms with Crippen LogP contribution in [0.4, 0.5) is 5.69 Å². The molecule has 2 aromatic rings. The number of aromatic hydroxyl groups is 1. The molecule has 0 aliphatic heterocycles. The molecule has 1 heterocycles. The van der Waals surface area contributed by atoms with E-state index in [-0.39, 0.29) is 11.9 Å². The number of hydrogen-bond donors (Lipinski definition) is 2. The molecule has 0 radical (unpaired) electrons. The summed E-state index contributed by atoms with van der Waals surface area (Å²) in [5.41, 5.74) is 0.878. The monoisotopic (exact) mass is 263 g/mol. The van der Waals surface area contributed by atoms with Gasteiger partial charge in [-0.3, -0.25) is 0 Å². The van der Waals surface area contributed by atoms with Crippen molar-refractivity contribution in [1.29, 1.82) is 0 Å². The molecule has 102 valence electrons. The highest BCUT2D eigenvalue weighted by molar-refractivity contribution is 5.45. The molecule has 1 atom stereocenters. The largest absolute Gasteiger partial charge is 0.508 e. The SMILES string of the molecule is COC(C)Cc1noc(CNc2ccc(O)cc2)n1. The highest BCUT2D eigenvalue weighted by Gasteiger charge is 2.09. The van der Waals surface area contributed by atoms with Gasteiger partial charge in [0.05, 0.1) is 12.6 Å². The molecule has 2 rings (SSSR count). The van der Waals surface area contributed by atoms with Gasteiger partial charge >= 0.3 is 0 Å². The van der Waals surface area contributed by atoms with Crippen molar-refractivity contribution in [2.45, 2.75) is 26.0 Å². The molecule has 0 saturated heterocycles. The Bertz CT molecular complexity index is 510. The third-order valence-corrected chi connectivity index (χ3v) is 2.69. The lowest BCUT2D eigenvalue weighted by atomic mass is 10.3. The Morgan fingerprint density at radius 3 is 2.79 bits per heavy atom. The van der Waals surface area contributed by atoms with Crippen LogP contribution in [0, 0.1) is 0 Å². The Morgan fingerprint density at radius 2 is 2.11 bits per heavy atom. The molecule has 2 N–H and O–H groups in total. The van der Waals surface area contributed by atoms with Crippen LogP contribution in [0.2, 0.25) is 0 Å². The van der Waals surface area contributed by atoms with Crippen molar-refractivity contribution in [2.75, 3.05) is 12.4 Å². The minimum absolute atomic E-state index is 0.0653. The first-order chi connectivity index (χ1) is 9.17. The van der Waals surface area contributed by atoms with Gasteiger partial charge in [0.1, 0.15) is 5.75 Å². The fraction of sp³-hybridized carbons (Fsp3) is 0.385. The topological polar surface area (TPSA) is 80.4 Å². The lowest BCUT2D eigenvalue weighted by Gasteiger charge is -2.04. The van der Waals surface area contributed by atoms with Crippen molar-refractivity contribution in [1.82, 2.24) is 10.1 Å². The van der Waals surface area contributed by atoms with Crippen LogP contribution in [-0.2, 0) is 17.7 Å². The van der Waals surface area contributed by atoms with Gasteiger partial charge in [-0.15, -0.1) is 0 Å². The van der Waals surface area contributed by atoms with E-state index in [1.54, 1.807) is 31.4 Å². The molecule has 6 nitrogen and oxygen atoms in total. The Labute approximate surface area is 111 Å².